The van der Waals surface area contributed by atoms with E-state index in [0.29, 0.717) is 0 Å². The van der Waals surface area contributed by atoms with Crippen LogP contribution in [0.15, 0.2) is 18.2 Å². The highest BCUT2D eigenvalue weighted by Crippen LogP contribution is 2.12. The summed E-state index contributed by atoms with van der Waals surface area (Å²) in [4.78, 5) is 11.6. The molecule has 0 aromatic heterocycles. The van der Waals surface area contributed by atoms with Crippen LogP contribution in [0.2, 0.25) is 0 Å². The second-order valence-corrected chi connectivity index (χ2v) is 5.47. The van der Waals surface area contributed by atoms with Gasteiger partial charge in [-0.25, -0.2) is 13.6 Å². The van der Waals surface area contributed by atoms with Crippen LogP contribution in [0.1, 0.15) is 26.3 Å². The maximum Gasteiger partial charge on any atom is 0.407 e. The van der Waals surface area contributed by atoms with E-state index in [2.05, 4.69) is 5.32 Å². The zero-order chi connectivity index (χ0) is 15.3. The number of hydrogen-bond acceptors (Lipinski definition) is 3. The van der Waals surface area contributed by atoms with Crippen molar-refractivity contribution in [3.05, 3.63) is 35.4 Å². The number of aliphatic hydroxyl groups excluding tert-OH is 1. The van der Waals surface area contributed by atoms with Gasteiger partial charge in [-0.3, -0.25) is 0 Å². The molecule has 0 bridgehead atoms. The molecule has 6 heteroatoms. The summed E-state index contributed by atoms with van der Waals surface area (Å²) >= 11 is 0. The van der Waals surface area contributed by atoms with Crippen LogP contribution in [-0.4, -0.2) is 29.4 Å². The third kappa shape index (κ3) is 5.52. The maximum atomic E-state index is 13.5. The molecule has 1 atom stereocenters. The first-order chi connectivity index (χ1) is 9.21. The maximum absolute atomic E-state index is 13.5. The fourth-order valence-electron chi connectivity index (χ4n) is 1.59. The summed E-state index contributed by atoms with van der Waals surface area (Å²) in [5, 5.41) is 11.7. The van der Waals surface area contributed by atoms with Gasteiger partial charge in [0.2, 0.25) is 0 Å². The zero-order valence-electron chi connectivity index (χ0n) is 11.7. The minimum atomic E-state index is -0.713. The summed E-state index contributed by atoms with van der Waals surface area (Å²) < 4.78 is 31.3. The molecule has 1 amide bonds. The normalized spacial score (nSPS) is 12.9. The lowest BCUT2D eigenvalue weighted by Crippen LogP contribution is -2.42. The van der Waals surface area contributed by atoms with E-state index in [9.17, 15) is 18.7 Å². The van der Waals surface area contributed by atoms with Crippen molar-refractivity contribution in [2.24, 2.45) is 0 Å². The zero-order valence-corrected chi connectivity index (χ0v) is 11.7. The minimum absolute atomic E-state index is 0.0435. The third-order valence-electron chi connectivity index (χ3n) is 2.42. The van der Waals surface area contributed by atoms with Crippen LogP contribution < -0.4 is 5.32 Å². The van der Waals surface area contributed by atoms with Gasteiger partial charge in [-0.1, -0.05) is 6.07 Å². The summed E-state index contributed by atoms with van der Waals surface area (Å²) in [5.41, 5.74) is -0.452. The molecule has 0 saturated heterocycles. The van der Waals surface area contributed by atoms with E-state index in [-0.39, 0.29) is 18.6 Å². The van der Waals surface area contributed by atoms with Gasteiger partial charge in [-0.2, -0.15) is 0 Å². The van der Waals surface area contributed by atoms with E-state index >= 15 is 0 Å². The smallest absolute Gasteiger partial charge is 0.407 e. The summed E-state index contributed by atoms with van der Waals surface area (Å²) in [6.45, 7) is 4.75. The number of benzene rings is 1. The van der Waals surface area contributed by atoms with Crippen molar-refractivity contribution in [1.82, 2.24) is 5.32 Å². The molecule has 1 unspecified atom stereocenters. The van der Waals surface area contributed by atoms with Crippen molar-refractivity contribution in [1.29, 1.82) is 0 Å². The summed E-state index contributed by atoms with van der Waals surface area (Å²) in [6, 6.07) is 2.46. The monoisotopic (exact) mass is 287 g/mol. The van der Waals surface area contributed by atoms with E-state index < -0.39 is 29.4 Å². The van der Waals surface area contributed by atoms with Crippen LogP contribution in [0, 0.1) is 11.6 Å². The van der Waals surface area contributed by atoms with E-state index in [4.69, 9.17) is 4.74 Å². The molecule has 112 valence electrons. The summed E-state index contributed by atoms with van der Waals surface area (Å²) in [7, 11) is 0. The van der Waals surface area contributed by atoms with Gasteiger partial charge in [0.25, 0.3) is 0 Å². The van der Waals surface area contributed by atoms with Crippen LogP contribution in [-0.2, 0) is 11.2 Å². The van der Waals surface area contributed by atoms with E-state index in [1.165, 1.54) is 6.07 Å². The first-order valence-electron chi connectivity index (χ1n) is 6.25. The second-order valence-electron chi connectivity index (χ2n) is 5.47. The van der Waals surface area contributed by atoms with Gasteiger partial charge in [0, 0.05) is 6.07 Å². The standard InChI is InChI=1S/C14H19F2NO3/c1-14(2,3)20-13(19)17-11(8-18)6-9-4-5-10(15)7-12(9)16/h4-5,7,11,18H,6,8H2,1-3H3,(H,17,19). The van der Waals surface area contributed by atoms with Gasteiger partial charge < -0.3 is 15.2 Å². The Hall–Kier alpha value is -1.69. The van der Waals surface area contributed by atoms with Gasteiger partial charge in [0.05, 0.1) is 12.6 Å². The molecule has 2 N–H and O–H groups in total. The number of amides is 1. The molecule has 20 heavy (non-hydrogen) atoms. The third-order valence-corrected chi connectivity index (χ3v) is 2.42. The van der Waals surface area contributed by atoms with Crippen molar-refractivity contribution in [3.8, 4) is 0 Å². The summed E-state index contributed by atoms with van der Waals surface area (Å²) in [5.74, 6) is -1.39. The van der Waals surface area contributed by atoms with Gasteiger partial charge in [-0.15, -0.1) is 0 Å². The molecule has 0 spiro atoms. The van der Waals surface area contributed by atoms with Gasteiger partial charge in [0.1, 0.15) is 17.2 Å². The fraction of sp³-hybridized carbons (Fsp3) is 0.500. The Morgan fingerprint density at radius 1 is 1.40 bits per heavy atom. The SMILES string of the molecule is CC(C)(C)OC(=O)NC(CO)Cc1ccc(F)cc1F. The Morgan fingerprint density at radius 2 is 2.05 bits per heavy atom. The van der Waals surface area contributed by atoms with Crippen LogP contribution in [0.5, 0.6) is 0 Å². The molecule has 4 nitrogen and oxygen atoms in total. The number of carbonyl (C=O) groups excluding carboxylic acids is 1. The Bertz CT molecular complexity index is 472. The van der Waals surface area contributed by atoms with E-state index in [1.54, 1.807) is 20.8 Å². The number of nitrogens with one attached hydrogen (secondary N) is 1. The molecule has 1 rings (SSSR count). The molecular weight excluding hydrogens is 268 g/mol. The number of hydrogen-bond donors (Lipinski definition) is 2. The average molecular weight is 287 g/mol. The number of alkyl carbamates (subject to hydrolysis) is 1. The molecule has 0 aliphatic heterocycles. The Balaban J connectivity index is 2.65. The first kappa shape index (κ1) is 16.4. The number of carbonyl (C=O) groups is 1. The van der Waals surface area contributed by atoms with Crippen molar-refractivity contribution in [2.75, 3.05) is 6.61 Å². The molecule has 0 heterocycles. The highest BCUT2D eigenvalue weighted by atomic mass is 19.1. The Morgan fingerprint density at radius 3 is 2.55 bits per heavy atom. The van der Waals surface area contributed by atoms with Gasteiger partial charge >= 0.3 is 6.09 Å². The van der Waals surface area contributed by atoms with Crippen LogP contribution in [0.4, 0.5) is 13.6 Å². The molecule has 0 saturated carbocycles. The molecule has 0 aliphatic rings. The summed E-state index contributed by atoms with van der Waals surface area (Å²) in [6.07, 6.45) is -0.652. The first-order valence-corrected chi connectivity index (χ1v) is 6.25. The topological polar surface area (TPSA) is 58.6 Å². The lowest BCUT2D eigenvalue weighted by atomic mass is 10.1. The van der Waals surface area contributed by atoms with E-state index in [1.807, 2.05) is 0 Å². The molecule has 0 radical (unpaired) electrons. The Labute approximate surface area is 116 Å². The minimum Gasteiger partial charge on any atom is -0.444 e. The highest BCUT2D eigenvalue weighted by molar-refractivity contribution is 5.68. The van der Waals surface area contributed by atoms with Crippen molar-refractivity contribution >= 4 is 6.09 Å². The number of aliphatic hydroxyl groups is 1. The Kier molecular flexibility index (Phi) is 5.44. The van der Waals surface area contributed by atoms with E-state index in [0.717, 1.165) is 12.1 Å². The largest absolute Gasteiger partial charge is 0.444 e. The molecule has 0 aliphatic carbocycles. The number of ether oxygens (including phenoxy) is 1. The molecule has 1 aromatic carbocycles. The number of rotatable bonds is 4. The predicted molar refractivity (Wildman–Crippen MR) is 70.3 cm³/mol. The van der Waals surface area contributed by atoms with Crippen molar-refractivity contribution < 1.29 is 23.4 Å². The van der Waals surface area contributed by atoms with Crippen LogP contribution >= 0.6 is 0 Å². The van der Waals surface area contributed by atoms with Crippen molar-refractivity contribution in [2.45, 2.75) is 38.8 Å². The lowest BCUT2D eigenvalue weighted by Gasteiger charge is -2.22. The van der Waals surface area contributed by atoms with Gasteiger partial charge in [-0.05, 0) is 38.8 Å². The van der Waals surface area contributed by atoms with Crippen molar-refractivity contribution in [3.63, 3.8) is 0 Å². The quantitative estimate of drug-likeness (QED) is 0.894. The van der Waals surface area contributed by atoms with Crippen LogP contribution in [0.25, 0.3) is 0 Å². The van der Waals surface area contributed by atoms with Gasteiger partial charge in [0.15, 0.2) is 0 Å². The average Bonchev–Trinajstić information content (AvgIpc) is 2.29. The predicted octanol–water partition coefficient (Wildman–Crippen LogP) is 2.39. The molecular formula is C14H19F2NO3. The fourth-order valence-corrected chi connectivity index (χ4v) is 1.59. The molecule has 0 fully saturated rings. The lowest BCUT2D eigenvalue weighted by molar-refractivity contribution is 0.0482. The number of halogens is 2. The second kappa shape index (κ2) is 6.65. The molecule has 1 aromatic rings. The van der Waals surface area contributed by atoms with Crippen LogP contribution in [0.3, 0.4) is 0 Å². The highest BCUT2D eigenvalue weighted by Gasteiger charge is 2.20.